The Morgan fingerprint density at radius 3 is 1.72 bits per heavy atom. The van der Waals surface area contributed by atoms with Crippen LogP contribution in [0.25, 0.3) is 0 Å². The molecule has 3 rings (SSSR count). The number of carbonyl (C=O) groups is 2. The fraction of sp³-hybridized carbons (Fsp3) is 0.500. The second-order valence-electron chi connectivity index (χ2n) is 5.77. The van der Waals surface area contributed by atoms with Crippen molar-refractivity contribution in [2.75, 3.05) is 0 Å². The van der Waals surface area contributed by atoms with Gasteiger partial charge in [-0.2, -0.15) is 0 Å². The molecule has 1 aromatic rings. The van der Waals surface area contributed by atoms with Gasteiger partial charge in [-0.25, -0.2) is 0 Å². The molecule has 0 bridgehead atoms. The summed E-state index contributed by atoms with van der Waals surface area (Å²) in [7, 11) is 0. The van der Waals surface area contributed by atoms with Crippen molar-refractivity contribution in [3.05, 3.63) is 34.4 Å². The third kappa shape index (κ3) is 1.63. The number of Topliss-reactive ketones (excluding diaryl/α,β-unsaturated/α-hetero) is 2. The van der Waals surface area contributed by atoms with Crippen LogP contribution in [-0.2, 0) is 12.8 Å². The molecule has 0 fully saturated rings. The van der Waals surface area contributed by atoms with Crippen LogP contribution in [0.3, 0.4) is 0 Å². The Morgan fingerprint density at radius 1 is 0.833 bits per heavy atom. The molecule has 2 unspecified atom stereocenters. The molecular weight excluding hydrogens is 224 g/mol. The van der Waals surface area contributed by atoms with Crippen molar-refractivity contribution in [3.8, 4) is 0 Å². The van der Waals surface area contributed by atoms with Gasteiger partial charge in [0.05, 0.1) is 0 Å². The summed E-state index contributed by atoms with van der Waals surface area (Å²) < 4.78 is 0. The van der Waals surface area contributed by atoms with Crippen molar-refractivity contribution in [2.24, 2.45) is 11.8 Å². The summed E-state index contributed by atoms with van der Waals surface area (Å²) in [6, 6.07) is 3.99. The zero-order valence-corrected chi connectivity index (χ0v) is 11.0. The molecular formula is C16H18O2. The van der Waals surface area contributed by atoms with Crippen molar-refractivity contribution in [1.82, 2.24) is 0 Å². The Bertz CT molecular complexity index is 497. The van der Waals surface area contributed by atoms with Crippen LogP contribution in [0.15, 0.2) is 12.1 Å². The highest BCUT2D eigenvalue weighted by atomic mass is 16.1. The maximum Gasteiger partial charge on any atom is 0.165 e. The number of carbonyl (C=O) groups excluding carboxylic acids is 2. The van der Waals surface area contributed by atoms with E-state index in [2.05, 4.69) is 6.07 Å². The first-order valence-corrected chi connectivity index (χ1v) is 6.82. The zero-order chi connectivity index (χ0) is 12.9. The highest BCUT2D eigenvalue weighted by Crippen LogP contribution is 2.32. The fourth-order valence-corrected chi connectivity index (χ4v) is 3.11. The summed E-state index contributed by atoms with van der Waals surface area (Å²) in [5.74, 6) is 0.633. The van der Waals surface area contributed by atoms with Crippen LogP contribution in [0.2, 0.25) is 0 Å². The Morgan fingerprint density at radius 2 is 1.28 bits per heavy atom. The quantitative estimate of drug-likeness (QED) is 0.700. The van der Waals surface area contributed by atoms with Gasteiger partial charge in [0.1, 0.15) is 0 Å². The second kappa shape index (κ2) is 4.04. The minimum Gasteiger partial charge on any atom is -0.294 e. The van der Waals surface area contributed by atoms with Gasteiger partial charge < -0.3 is 0 Å². The third-order valence-electron chi connectivity index (χ3n) is 4.45. The van der Waals surface area contributed by atoms with Gasteiger partial charge in [-0.3, -0.25) is 9.59 Å². The molecule has 0 radical (unpaired) electrons. The van der Waals surface area contributed by atoms with Crippen LogP contribution in [0, 0.1) is 11.8 Å². The second-order valence-corrected chi connectivity index (χ2v) is 5.77. The zero-order valence-electron chi connectivity index (χ0n) is 11.0. The summed E-state index contributed by atoms with van der Waals surface area (Å²) in [5.41, 5.74) is 3.91. The third-order valence-corrected chi connectivity index (χ3v) is 4.45. The van der Waals surface area contributed by atoms with Crippen LogP contribution in [0.4, 0.5) is 0 Å². The molecule has 18 heavy (non-hydrogen) atoms. The van der Waals surface area contributed by atoms with E-state index in [1.807, 2.05) is 19.9 Å². The lowest BCUT2D eigenvalue weighted by molar-refractivity contribution is 0.0911. The minimum atomic E-state index is 0.103. The summed E-state index contributed by atoms with van der Waals surface area (Å²) in [4.78, 5) is 24.4. The Balaban J connectivity index is 2.14. The number of ketones is 2. The standard InChI is InChI=1S/C16H18O2/c1-9-3-5-11-7-12-6-4-10(2)16(18)14(12)8-13(11)15(9)17/h7-10H,3-6H2,1-2H3. The first kappa shape index (κ1) is 11.6. The van der Waals surface area contributed by atoms with E-state index in [4.69, 9.17) is 0 Å². The molecule has 0 aromatic heterocycles. The maximum atomic E-state index is 12.2. The smallest absolute Gasteiger partial charge is 0.165 e. The Labute approximate surface area is 107 Å². The SMILES string of the molecule is CC1CCc2cc3c(cc2C1=O)C(=O)C(C)CC3. The number of benzene rings is 1. The molecule has 2 nitrogen and oxygen atoms in total. The fourth-order valence-electron chi connectivity index (χ4n) is 3.11. The highest BCUT2D eigenvalue weighted by Gasteiger charge is 2.29. The molecule has 0 saturated heterocycles. The van der Waals surface area contributed by atoms with Crippen molar-refractivity contribution in [1.29, 1.82) is 0 Å². The van der Waals surface area contributed by atoms with Crippen LogP contribution in [0.1, 0.15) is 58.5 Å². The number of fused-ring (bicyclic) bond motifs is 2. The average molecular weight is 242 g/mol. The van der Waals surface area contributed by atoms with Gasteiger partial charge in [-0.1, -0.05) is 19.9 Å². The van der Waals surface area contributed by atoms with Crippen molar-refractivity contribution < 1.29 is 9.59 Å². The molecule has 94 valence electrons. The van der Waals surface area contributed by atoms with Gasteiger partial charge in [0.25, 0.3) is 0 Å². The number of hydrogen-bond donors (Lipinski definition) is 0. The Hall–Kier alpha value is -1.44. The lowest BCUT2D eigenvalue weighted by Gasteiger charge is -2.26. The van der Waals surface area contributed by atoms with E-state index in [9.17, 15) is 9.59 Å². The number of aryl methyl sites for hydroxylation is 2. The van der Waals surface area contributed by atoms with Crippen LogP contribution >= 0.6 is 0 Å². The minimum absolute atomic E-state index is 0.103. The molecule has 0 amide bonds. The van der Waals surface area contributed by atoms with E-state index in [1.54, 1.807) is 0 Å². The number of rotatable bonds is 0. The normalized spacial score (nSPS) is 26.8. The molecule has 2 atom stereocenters. The molecule has 2 aliphatic carbocycles. The Kier molecular flexibility index (Phi) is 2.61. The predicted octanol–water partition coefficient (Wildman–Crippen LogP) is 3.22. The largest absolute Gasteiger partial charge is 0.294 e. The number of hydrogen-bond acceptors (Lipinski definition) is 2. The van der Waals surface area contributed by atoms with Crippen molar-refractivity contribution in [3.63, 3.8) is 0 Å². The van der Waals surface area contributed by atoms with Crippen LogP contribution in [0.5, 0.6) is 0 Å². The van der Waals surface area contributed by atoms with Crippen LogP contribution in [-0.4, -0.2) is 11.6 Å². The summed E-state index contributed by atoms with van der Waals surface area (Å²) in [6.45, 7) is 3.96. The van der Waals surface area contributed by atoms with Crippen molar-refractivity contribution >= 4 is 11.6 Å². The topological polar surface area (TPSA) is 34.1 Å². The van der Waals surface area contributed by atoms with E-state index >= 15 is 0 Å². The predicted molar refractivity (Wildman–Crippen MR) is 70.1 cm³/mol. The van der Waals surface area contributed by atoms with Crippen LogP contribution < -0.4 is 0 Å². The van der Waals surface area contributed by atoms with Gasteiger partial charge in [0.15, 0.2) is 11.6 Å². The van der Waals surface area contributed by atoms with E-state index < -0.39 is 0 Å². The lowest BCUT2D eigenvalue weighted by Crippen LogP contribution is -2.25. The van der Waals surface area contributed by atoms with Gasteiger partial charge in [-0.15, -0.1) is 0 Å². The monoisotopic (exact) mass is 242 g/mol. The highest BCUT2D eigenvalue weighted by molar-refractivity contribution is 6.05. The van der Waals surface area contributed by atoms with E-state index in [1.165, 1.54) is 0 Å². The first-order chi connectivity index (χ1) is 8.58. The summed E-state index contributed by atoms with van der Waals surface area (Å²) in [6.07, 6.45) is 3.82. The molecule has 0 N–H and O–H groups in total. The van der Waals surface area contributed by atoms with Gasteiger partial charge in [0, 0.05) is 23.0 Å². The van der Waals surface area contributed by atoms with Gasteiger partial charge in [0.2, 0.25) is 0 Å². The molecule has 0 heterocycles. The lowest BCUT2D eigenvalue weighted by atomic mass is 9.77. The van der Waals surface area contributed by atoms with E-state index in [0.717, 1.165) is 47.9 Å². The van der Waals surface area contributed by atoms with Gasteiger partial charge >= 0.3 is 0 Å². The molecule has 2 heteroatoms. The molecule has 2 aliphatic rings. The summed E-state index contributed by atoms with van der Waals surface area (Å²) >= 11 is 0. The summed E-state index contributed by atoms with van der Waals surface area (Å²) in [5, 5.41) is 0. The molecule has 0 saturated carbocycles. The van der Waals surface area contributed by atoms with Crippen molar-refractivity contribution in [2.45, 2.75) is 39.5 Å². The van der Waals surface area contributed by atoms with E-state index in [0.29, 0.717) is 0 Å². The molecule has 1 aromatic carbocycles. The first-order valence-electron chi connectivity index (χ1n) is 6.82. The molecule has 0 spiro atoms. The van der Waals surface area contributed by atoms with E-state index in [-0.39, 0.29) is 23.4 Å². The maximum absolute atomic E-state index is 12.2. The average Bonchev–Trinajstić information content (AvgIpc) is 2.37. The van der Waals surface area contributed by atoms with Gasteiger partial charge in [-0.05, 0) is 42.9 Å². The molecule has 0 aliphatic heterocycles.